The number of nitriles is 1. The maximum absolute atomic E-state index is 10.4. The first-order valence-corrected chi connectivity index (χ1v) is 7.82. The van der Waals surface area contributed by atoms with Crippen LogP contribution in [-0.2, 0) is 0 Å². The summed E-state index contributed by atoms with van der Waals surface area (Å²) in [6.07, 6.45) is 1.71. The van der Waals surface area contributed by atoms with E-state index in [1.54, 1.807) is 0 Å². The predicted octanol–water partition coefficient (Wildman–Crippen LogP) is 2.47. The number of aliphatic hydroxyl groups is 1. The van der Waals surface area contributed by atoms with Crippen LogP contribution in [0.2, 0.25) is 0 Å². The second kappa shape index (κ2) is 6.42. The highest BCUT2D eigenvalue weighted by Crippen LogP contribution is 2.27. The maximum atomic E-state index is 10.4. The van der Waals surface area contributed by atoms with E-state index in [1.807, 2.05) is 36.0 Å². The van der Waals surface area contributed by atoms with Crippen LogP contribution in [0.15, 0.2) is 24.3 Å². The van der Waals surface area contributed by atoms with Crippen LogP contribution in [0.4, 0.5) is 0 Å². The average molecular weight is 276 g/mol. The highest BCUT2D eigenvalue weighted by atomic mass is 32.2. The summed E-state index contributed by atoms with van der Waals surface area (Å²) in [4.78, 5) is 0. The molecule has 1 fully saturated rings. The lowest BCUT2D eigenvalue weighted by Crippen LogP contribution is -2.44. The van der Waals surface area contributed by atoms with Gasteiger partial charge in [0.2, 0.25) is 0 Å². The fraction of sp³-hybridized carbons (Fsp3) is 0.533. The highest BCUT2D eigenvalue weighted by molar-refractivity contribution is 7.99. The van der Waals surface area contributed by atoms with Crippen molar-refractivity contribution < 1.29 is 5.11 Å². The van der Waals surface area contributed by atoms with Gasteiger partial charge in [-0.3, -0.25) is 0 Å². The molecular weight excluding hydrogens is 256 g/mol. The van der Waals surface area contributed by atoms with Gasteiger partial charge in [-0.2, -0.15) is 17.0 Å². The molecule has 2 rings (SSSR count). The van der Waals surface area contributed by atoms with E-state index >= 15 is 0 Å². The summed E-state index contributed by atoms with van der Waals surface area (Å²) in [6.45, 7) is 2.68. The van der Waals surface area contributed by atoms with Crippen LogP contribution in [0, 0.1) is 11.3 Å². The molecule has 4 heteroatoms. The number of thioether (sulfide) groups is 1. The number of rotatable bonds is 4. The first-order valence-electron chi connectivity index (χ1n) is 6.66. The van der Waals surface area contributed by atoms with E-state index in [0.29, 0.717) is 12.1 Å². The summed E-state index contributed by atoms with van der Waals surface area (Å²) >= 11 is 1.91. The van der Waals surface area contributed by atoms with Gasteiger partial charge in [-0.05, 0) is 49.0 Å². The zero-order chi connectivity index (χ0) is 13.7. The molecule has 1 aromatic carbocycles. The van der Waals surface area contributed by atoms with Crippen LogP contribution in [0.3, 0.4) is 0 Å². The van der Waals surface area contributed by atoms with E-state index in [0.717, 1.165) is 29.9 Å². The molecule has 2 N–H and O–H groups in total. The van der Waals surface area contributed by atoms with Gasteiger partial charge < -0.3 is 10.4 Å². The number of nitrogens with one attached hydrogen (secondary N) is 1. The Kier molecular flexibility index (Phi) is 4.87. The normalized spacial score (nSPS) is 19.6. The Morgan fingerprint density at radius 1 is 1.47 bits per heavy atom. The topological polar surface area (TPSA) is 56.0 Å². The summed E-state index contributed by atoms with van der Waals surface area (Å²) in [6, 6.07) is 9.92. The van der Waals surface area contributed by atoms with Crippen LogP contribution >= 0.6 is 11.8 Å². The summed E-state index contributed by atoms with van der Waals surface area (Å²) in [7, 11) is 0. The van der Waals surface area contributed by atoms with Crippen molar-refractivity contribution in [3.63, 3.8) is 0 Å². The average Bonchev–Trinajstić information content (AvgIpc) is 2.46. The van der Waals surface area contributed by atoms with E-state index in [9.17, 15) is 5.11 Å². The van der Waals surface area contributed by atoms with Gasteiger partial charge >= 0.3 is 0 Å². The standard InChI is InChI=1S/C15H20N2OS/c1-12(14-4-2-3-13(9-14)10-16)17-11-15(18)5-7-19-8-6-15/h2-4,9,12,17-18H,5-8,11H2,1H3. The Labute approximate surface area is 119 Å². The van der Waals surface area contributed by atoms with Gasteiger partial charge in [0.05, 0.1) is 17.2 Å². The maximum Gasteiger partial charge on any atom is 0.0991 e. The second-order valence-electron chi connectivity index (χ2n) is 5.18. The first-order chi connectivity index (χ1) is 9.13. The summed E-state index contributed by atoms with van der Waals surface area (Å²) < 4.78 is 0. The van der Waals surface area contributed by atoms with E-state index in [4.69, 9.17) is 5.26 Å². The molecule has 1 aromatic rings. The summed E-state index contributed by atoms with van der Waals surface area (Å²) in [5, 5.41) is 22.7. The third kappa shape index (κ3) is 3.97. The SMILES string of the molecule is CC(NCC1(O)CCSCC1)c1cccc(C#N)c1. The Bertz CT molecular complexity index is 463. The van der Waals surface area contributed by atoms with Crippen molar-refractivity contribution in [2.45, 2.75) is 31.4 Å². The molecule has 102 valence electrons. The zero-order valence-corrected chi connectivity index (χ0v) is 12.0. The smallest absolute Gasteiger partial charge is 0.0991 e. The quantitative estimate of drug-likeness (QED) is 0.887. The Morgan fingerprint density at radius 2 is 2.21 bits per heavy atom. The van der Waals surface area contributed by atoms with Gasteiger partial charge in [0, 0.05) is 12.6 Å². The van der Waals surface area contributed by atoms with Crippen molar-refractivity contribution >= 4 is 11.8 Å². The van der Waals surface area contributed by atoms with Crippen molar-refractivity contribution in [2.75, 3.05) is 18.1 Å². The van der Waals surface area contributed by atoms with Crippen molar-refractivity contribution in [3.8, 4) is 6.07 Å². The fourth-order valence-corrected chi connectivity index (χ4v) is 3.52. The molecule has 1 saturated heterocycles. The van der Waals surface area contributed by atoms with Gasteiger partial charge in [0.15, 0.2) is 0 Å². The first kappa shape index (κ1) is 14.4. The molecule has 0 radical (unpaired) electrons. The molecule has 1 aliphatic rings. The van der Waals surface area contributed by atoms with Crippen molar-refractivity contribution in [1.29, 1.82) is 5.26 Å². The molecular formula is C15H20N2OS. The van der Waals surface area contributed by atoms with Gasteiger partial charge in [-0.1, -0.05) is 12.1 Å². The van der Waals surface area contributed by atoms with Crippen molar-refractivity contribution in [2.24, 2.45) is 0 Å². The van der Waals surface area contributed by atoms with Crippen LogP contribution in [0.5, 0.6) is 0 Å². The number of nitrogens with zero attached hydrogens (tertiary/aromatic N) is 1. The van der Waals surface area contributed by atoms with E-state index in [2.05, 4.69) is 18.3 Å². The monoisotopic (exact) mass is 276 g/mol. The lowest BCUT2D eigenvalue weighted by molar-refractivity contribution is 0.0300. The zero-order valence-electron chi connectivity index (χ0n) is 11.2. The Hall–Kier alpha value is -1.02. The number of hydrogen-bond acceptors (Lipinski definition) is 4. The van der Waals surface area contributed by atoms with Gasteiger partial charge in [-0.15, -0.1) is 0 Å². The third-order valence-corrected chi connectivity index (χ3v) is 4.66. The van der Waals surface area contributed by atoms with Gasteiger partial charge in [0.1, 0.15) is 0 Å². The Balaban J connectivity index is 1.93. The van der Waals surface area contributed by atoms with Crippen LogP contribution in [0.1, 0.15) is 36.9 Å². The van der Waals surface area contributed by atoms with Crippen molar-refractivity contribution in [3.05, 3.63) is 35.4 Å². The molecule has 0 saturated carbocycles. The molecule has 1 aliphatic heterocycles. The lowest BCUT2D eigenvalue weighted by atomic mass is 9.96. The lowest BCUT2D eigenvalue weighted by Gasteiger charge is -2.33. The minimum absolute atomic E-state index is 0.145. The van der Waals surface area contributed by atoms with Gasteiger partial charge in [-0.25, -0.2) is 0 Å². The molecule has 0 aliphatic carbocycles. The molecule has 1 atom stereocenters. The summed E-state index contributed by atoms with van der Waals surface area (Å²) in [5.74, 6) is 2.08. The van der Waals surface area contributed by atoms with E-state index in [-0.39, 0.29) is 6.04 Å². The molecule has 1 heterocycles. The molecule has 0 aromatic heterocycles. The number of benzene rings is 1. The van der Waals surface area contributed by atoms with Gasteiger partial charge in [0.25, 0.3) is 0 Å². The molecule has 1 unspecified atom stereocenters. The van der Waals surface area contributed by atoms with Crippen LogP contribution in [0.25, 0.3) is 0 Å². The highest BCUT2D eigenvalue weighted by Gasteiger charge is 2.29. The largest absolute Gasteiger partial charge is 0.389 e. The van der Waals surface area contributed by atoms with Crippen LogP contribution < -0.4 is 5.32 Å². The molecule has 0 amide bonds. The van der Waals surface area contributed by atoms with Crippen LogP contribution in [-0.4, -0.2) is 28.8 Å². The van der Waals surface area contributed by atoms with Crippen molar-refractivity contribution in [1.82, 2.24) is 5.32 Å². The summed E-state index contributed by atoms with van der Waals surface area (Å²) in [5.41, 5.74) is 1.21. The minimum atomic E-state index is -0.563. The fourth-order valence-electron chi connectivity index (χ4n) is 2.27. The minimum Gasteiger partial charge on any atom is -0.389 e. The molecule has 19 heavy (non-hydrogen) atoms. The van der Waals surface area contributed by atoms with E-state index in [1.165, 1.54) is 0 Å². The third-order valence-electron chi connectivity index (χ3n) is 3.68. The molecule has 0 spiro atoms. The Morgan fingerprint density at radius 3 is 2.89 bits per heavy atom. The molecule has 0 bridgehead atoms. The second-order valence-corrected chi connectivity index (χ2v) is 6.40. The van der Waals surface area contributed by atoms with E-state index < -0.39 is 5.60 Å². The molecule has 3 nitrogen and oxygen atoms in total. The number of hydrogen-bond donors (Lipinski definition) is 2. The predicted molar refractivity (Wildman–Crippen MR) is 79.1 cm³/mol.